The first-order chi connectivity index (χ1) is 13.0. The van der Waals surface area contributed by atoms with E-state index < -0.39 is 0 Å². The van der Waals surface area contributed by atoms with Crippen LogP contribution in [-0.4, -0.2) is 22.5 Å². The zero-order valence-electron chi connectivity index (χ0n) is 14.9. The van der Waals surface area contributed by atoms with Gasteiger partial charge in [-0.15, -0.1) is 0 Å². The molecule has 0 unspecified atom stereocenters. The van der Waals surface area contributed by atoms with Crippen LogP contribution in [0, 0.1) is 6.92 Å². The molecule has 7 heteroatoms. The van der Waals surface area contributed by atoms with E-state index in [0.29, 0.717) is 28.3 Å². The number of benzene rings is 1. The highest BCUT2D eigenvalue weighted by molar-refractivity contribution is 6.05. The second kappa shape index (κ2) is 8.09. The number of carbonyl (C=O) groups excluding carboxylic acids is 2. The largest absolute Gasteiger partial charge is 0.469 e. The molecule has 0 atom stereocenters. The third kappa shape index (κ3) is 4.46. The van der Waals surface area contributed by atoms with Crippen LogP contribution in [0.5, 0.6) is 0 Å². The van der Waals surface area contributed by atoms with E-state index in [0.717, 1.165) is 5.56 Å². The average molecular weight is 362 g/mol. The Kier molecular flexibility index (Phi) is 5.41. The first-order valence-electron chi connectivity index (χ1n) is 8.25. The second-order valence-electron chi connectivity index (χ2n) is 5.81. The maximum Gasteiger partial charge on any atom is 0.274 e. The molecule has 3 rings (SSSR count). The van der Waals surface area contributed by atoms with E-state index in [4.69, 9.17) is 4.42 Å². The first kappa shape index (κ1) is 18.1. The summed E-state index contributed by atoms with van der Waals surface area (Å²) in [5.74, 6) is -0.0688. The van der Waals surface area contributed by atoms with Crippen LogP contribution in [0.2, 0.25) is 0 Å². The molecule has 0 bridgehead atoms. The number of hydrazone groups is 1. The molecule has 1 aromatic carbocycles. The van der Waals surface area contributed by atoms with Crippen LogP contribution >= 0.6 is 0 Å². The third-order valence-electron chi connectivity index (χ3n) is 3.89. The van der Waals surface area contributed by atoms with Crippen molar-refractivity contribution in [1.82, 2.24) is 10.4 Å². The Morgan fingerprint density at radius 3 is 2.59 bits per heavy atom. The fourth-order valence-corrected chi connectivity index (χ4v) is 2.40. The molecular formula is C20H18N4O3. The van der Waals surface area contributed by atoms with Crippen molar-refractivity contribution < 1.29 is 14.0 Å². The Hall–Kier alpha value is -3.74. The summed E-state index contributed by atoms with van der Waals surface area (Å²) in [6, 6.07) is 12.2. The molecule has 0 spiro atoms. The molecule has 0 fully saturated rings. The highest BCUT2D eigenvalue weighted by Gasteiger charge is 2.11. The summed E-state index contributed by atoms with van der Waals surface area (Å²) in [7, 11) is 0. The van der Waals surface area contributed by atoms with Gasteiger partial charge in [-0.2, -0.15) is 5.10 Å². The number of aryl methyl sites for hydroxylation is 1. The monoisotopic (exact) mass is 362 g/mol. The number of furan rings is 1. The van der Waals surface area contributed by atoms with Crippen molar-refractivity contribution in [3.8, 4) is 0 Å². The van der Waals surface area contributed by atoms with E-state index in [9.17, 15) is 9.59 Å². The number of amides is 2. The van der Waals surface area contributed by atoms with Gasteiger partial charge in [-0.1, -0.05) is 12.1 Å². The molecule has 2 heterocycles. The number of nitrogens with zero attached hydrogens (tertiary/aromatic N) is 2. The molecule has 7 nitrogen and oxygen atoms in total. The number of aromatic nitrogens is 1. The van der Waals surface area contributed by atoms with Crippen LogP contribution in [0.25, 0.3) is 0 Å². The van der Waals surface area contributed by atoms with Gasteiger partial charge < -0.3 is 9.73 Å². The number of nitrogens with one attached hydrogen (secondary N) is 2. The number of carbonyl (C=O) groups is 2. The normalized spacial score (nSPS) is 11.1. The smallest absolute Gasteiger partial charge is 0.274 e. The molecule has 2 N–H and O–H groups in total. The van der Waals surface area contributed by atoms with Crippen LogP contribution in [0.1, 0.15) is 39.0 Å². The summed E-state index contributed by atoms with van der Waals surface area (Å²) < 4.78 is 5.11. The number of anilines is 1. The van der Waals surface area contributed by atoms with Gasteiger partial charge in [0.15, 0.2) is 0 Å². The van der Waals surface area contributed by atoms with Crippen LogP contribution in [0.4, 0.5) is 5.69 Å². The third-order valence-corrected chi connectivity index (χ3v) is 3.89. The van der Waals surface area contributed by atoms with Crippen molar-refractivity contribution in [2.75, 3.05) is 5.32 Å². The Morgan fingerprint density at radius 1 is 1.07 bits per heavy atom. The molecule has 2 amide bonds. The predicted octanol–water partition coefficient (Wildman–Crippen LogP) is 3.39. The minimum Gasteiger partial charge on any atom is -0.469 e. The highest BCUT2D eigenvalue weighted by Crippen LogP contribution is 2.13. The number of rotatable bonds is 5. The molecule has 0 radical (unpaired) electrons. The van der Waals surface area contributed by atoms with E-state index >= 15 is 0 Å². The lowest BCUT2D eigenvalue weighted by atomic mass is 10.1. The van der Waals surface area contributed by atoms with Crippen LogP contribution in [-0.2, 0) is 0 Å². The van der Waals surface area contributed by atoms with Crippen molar-refractivity contribution in [2.24, 2.45) is 5.10 Å². The summed E-state index contributed by atoms with van der Waals surface area (Å²) >= 11 is 0. The summed E-state index contributed by atoms with van der Waals surface area (Å²) in [5, 5.41) is 6.94. The van der Waals surface area contributed by atoms with Crippen molar-refractivity contribution in [3.05, 3.63) is 83.6 Å². The average Bonchev–Trinajstić information content (AvgIpc) is 3.12. The van der Waals surface area contributed by atoms with E-state index in [1.165, 1.54) is 12.5 Å². The van der Waals surface area contributed by atoms with Gasteiger partial charge in [0.25, 0.3) is 11.8 Å². The highest BCUT2D eigenvalue weighted by atomic mass is 16.3. The van der Waals surface area contributed by atoms with Gasteiger partial charge in [-0.3, -0.25) is 14.6 Å². The zero-order valence-corrected chi connectivity index (χ0v) is 14.9. The molecule has 0 saturated carbocycles. The summed E-state index contributed by atoms with van der Waals surface area (Å²) in [5.41, 5.74) is 5.39. The number of pyridine rings is 1. The Bertz CT molecular complexity index is 993. The molecule has 136 valence electrons. The number of hydrogen-bond donors (Lipinski definition) is 2. The van der Waals surface area contributed by atoms with Gasteiger partial charge in [0, 0.05) is 18.1 Å². The molecule has 2 aromatic heterocycles. The first-order valence-corrected chi connectivity index (χ1v) is 8.25. The van der Waals surface area contributed by atoms with Crippen molar-refractivity contribution in [2.45, 2.75) is 13.8 Å². The van der Waals surface area contributed by atoms with Crippen molar-refractivity contribution >= 4 is 23.2 Å². The lowest BCUT2D eigenvalue weighted by molar-refractivity contribution is 0.0952. The van der Waals surface area contributed by atoms with Gasteiger partial charge >= 0.3 is 0 Å². The number of hydrogen-bond acceptors (Lipinski definition) is 5. The summed E-state index contributed by atoms with van der Waals surface area (Å²) in [6.07, 6.45) is 4.56. The molecule has 27 heavy (non-hydrogen) atoms. The molecule has 0 saturated heterocycles. The quantitative estimate of drug-likeness (QED) is 0.537. The summed E-state index contributed by atoms with van der Waals surface area (Å²) in [4.78, 5) is 28.3. The maximum absolute atomic E-state index is 12.2. The minimum absolute atomic E-state index is 0.251. The van der Waals surface area contributed by atoms with E-state index in [2.05, 4.69) is 20.8 Å². The molecule has 3 aromatic rings. The molecule has 0 aliphatic rings. The predicted molar refractivity (Wildman–Crippen MR) is 102 cm³/mol. The fraction of sp³-hybridized carbons (Fsp3) is 0.100. The standard InChI is InChI=1S/C20H18N4O3/c1-13(23-24-20(26)18-8-10-27-14(18)2)15-5-3-7-17(11-15)22-19(25)16-6-4-9-21-12-16/h3-12H,1-2H3,(H,22,25)(H,24,26)/b23-13+. The zero-order chi connectivity index (χ0) is 19.2. The van der Waals surface area contributed by atoms with Gasteiger partial charge in [-0.05, 0) is 49.7 Å². The van der Waals surface area contributed by atoms with Crippen LogP contribution < -0.4 is 10.7 Å². The lowest BCUT2D eigenvalue weighted by Crippen LogP contribution is -2.19. The minimum atomic E-state index is -0.346. The van der Waals surface area contributed by atoms with Crippen LogP contribution in [0.15, 0.2) is 70.6 Å². The van der Waals surface area contributed by atoms with Crippen molar-refractivity contribution in [1.29, 1.82) is 0 Å². The van der Waals surface area contributed by atoms with E-state index in [1.807, 2.05) is 6.07 Å². The topological polar surface area (TPSA) is 96.6 Å². The second-order valence-corrected chi connectivity index (χ2v) is 5.81. The fourth-order valence-electron chi connectivity index (χ4n) is 2.40. The van der Waals surface area contributed by atoms with Gasteiger partial charge in [0.1, 0.15) is 5.76 Å². The lowest BCUT2D eigenvalue weighted by Gasteiger charge is -2.08. The van der Waals surface area contributed by atoms with Gasteiger partial charge in [-0.25, -0.2) is 5.43 Å². The Morgan fingerprint density at radius 2 is 1.89 bits per heavy atom. The van der Waals surface area contributed by atoms with Gasteiger partial charge in [0.2, 0.25) is 0 Å². The van der Waals surface area contributed by atoms with Gasteiger partial charge in [0.05, 0.1) is 23.1 Å². The Labute approximate surface area is 156 Å². The Balaban J connectivity index is 1.70. The van der Waals surface area contributed by atoms with E-state index in [1.54, 1.807) is 56.4 Å². The summed E-state index contributed by atoms with van der Waals surface area (Å²) in [6.45, 7) is 3.48. The maximum atomic E-state index is 12.2. The van der Waals surface area contributed by atoms with E-state index in [-0.39, 0.29) is 11.8 Å². The van der Waals surface area contributed by atoms with Crippen LogP contribution in [0.3, 0.4) is 0 Å². The molecule has 0 aliphatic heterocycles. The molecule has 0 aliphatic carbocycles. The SMILES string of the molecule is C/C(=N\NC(=O)c1ccoc1C)c1cccc(NC(=O)c2cccnc2)c1. The molecular weight excluding hydrogens is 344 g/mol. The van der Waals surface area contributed by atoms with Crippen molar-refractivity contribution in [3.63, 3.8) is 0 Å².